The molecule has 110 valence electrons. The molecule has 20 heavy (non-hydrogen) atoms. The summed E-state index contributed by atoms with van der Waals surface area (Å²) < 4.78 is 1.08. The van der Waals surface area contributed by atoms with Crippen molar-refractivity contribution in [2.24, 2.45) is 5.92 Å². The fourth-order valence-electron chi connectivity index (χ4n) is 2.81. The second-order valence-corrected chi connectivity index (χ2v) is 6.45. The standard InChI is InChI=1S/C16H23BrN2O/c1-18-11-14-3-2-10-19(12-14)16(20)9-6-13-4-7-15(17)8-5-13/h4-5,7-8,14,18H,2-3,6,9-12H2,1H3. The predicted octanol–water partition coefficient (Wildman–Crippen LogP) is 2.84. The van der Waals surface area contributed by atoms with E-state index in [0.29, 0.717) is 18.2 Å². The summed E-state index contributed by atoms with van der Waals surface area (Å²) in [6.45, 7) is 2.86. The van der Waals surface area contributed by atoms with Crippen molar-refractivity contribution in [3.05, 3.63) is 34.3 Å². The molecule has 1 N–H and O–H groups in total. The molecule has 0 aliphatic carbocycles. The zero-order valence-corrected chi connectivity index (χ0v) is 13.7. The molecule has 1 aliphatic heterocycles. The van der Waals surface area contributed by atoms with Crippen molar-refractivity contribution in [1.29, 1.82) is 0 Å². The smallest absolute Gasteiger partial charge is 0.222 e. The lowest BCUT2D eigenvalue weighted by Gasteiger charge is -2.32. The van der Waals surface area contributed by atoms with Gasteiger partial charge in [0.2, 0.25) is 5.91 Å². The lowest BCUT2D eigenvalue weighted by molar-refractivity contribution is -0.132. The van der Waals surface area contributed by atoms with Crippen molar-refractivity contribution in [2.75, 3.05) is 26.7 Å². The number of halogens is 1. The van der Waals surface area contributed by atoms with E-state index in [2.05, 4.69) is 33.4 Å². The number of nitrogens with one attached hydrogen (secondary N) is 1. The number of aryl methyl sites for hydroxylation is 1. The minimum atomic E-state index is 0.300. The molecule has 2 rings (SSSR count). The molecule has 0 aromatic heterocycles. The van der Waals surface area contributed by atoms with E-state index in [-0.39, 0.29) is 0 Å². The van der Waals surface area contributed by atoms with Crippen LogP contribution in [0.25, 0.3) is 0 Å². The zero-order valence-electron chi connectivity index (χ0n) is 12.1. The molecular formula is C16H23BrN2O. The van der Waals surface area contributed by atoms with Crippen LogP contribution in [-0.4, -0.2) is 37.5 Å². The molecule has 1 saturated heterocycles. The van der Waals surface area contributed by atoms with Crippen molar-refractivity contribution in [3.8, 4) is 0 Å². The molecule has 1 atom stereocenters. The van der Waals surface area contributed by atoms with E-state index in [4.69, 9.17) is 0 Å². The van der Waals surface area contributed by atoms with E-state index in [1.165, 1.54) is 12.0 Å². The number of benzene rings is 1. The molecule has 0 spiro atoms. The molecule has 1 aliphatic rings. The van der Waals surface area contributed by atoms with E-state index < -0.39 is 0 Å². The summed E-state index contributed by atoms with van der Waals surface area (Å²) in [7, 11) is 1.98. The molecule has 0 saturated carbocycles. The molecule has 0 bridgehead atoms. The Balaban J connectivity index is 1.80. The van der Waals surface area contributed by atoms with Crippen LogP contribution >= 0.6 is 15.9 Å². The van der Waals surface area contributed by atoms with E-state index in [1.54, 1.807) is 0 Å². The molecule has 1 unspecified atom stereocenters. The fourth-order valence-corrected chi connectivity index (χ4v) is 3.07. The van der Waals surface area contributed by atoms with E-state index >= 15 is 0 Å². The van der Waals surface area contributed by atoms with Gasteiger partial charge in [-0.15, -0.1) is 0 Å². The summed E-state index contributed by atoms with van der Waals surface area (Å²) in [5.41, 5.74) is 1.23. The van der Waals surface area contributed by atoms with Crippen LogP contribution in [0.4, 0.5) is 0 Å². The van der Waals surface area contributed by atoms with Crippen LogP contribution in [0.15, 0.2) is 28.7 Å². The highest BCUT2D eigenvalue weighted by Crippen LogP contribution is 2.17. The zero-order chi connectivity index (χ0) is 14.4. The number of likely N-dealkylation sites (tertiary alicyclic amines) is 1. The lowest BCUT2D eigenvalue weighted by Crippen LogP contribution is -2.42. The summed E-state index contributed by atoms with van der Waals surface area (Å²) >= 11 is 3.43. The van der Waals surface area contributed by atoms with Crippen molar-refractivity contribution in [3.63, 3.8) is 0 Å². The highest BCUT2D eigenvalue weighted by Gasteiger charge is 2.22. The Hall–Kier alpha value is -0.870. The third-order valence-electron chi connectivity index (χ3n) is 3.91. The molecule has 1 aromatic rings. The molecule has 1 fully saturated rings. The Bertz CT molecular complexity index is 431. The Labute approximate surface area is 129 Å². The number of carbonyl (C=O) groups is 1. The summed E-state index contributed by atoms with van der Waals surface area (Å²) in [6.07, 6.45) is 3.82. The molecule has 4 heteroatoms. The number of hydrogen-bond donors (Lipinski definition) is 1. The maximum Gasteiger partial charge on any atom is 0.222 e. The molecule has 1 amide bonds. The number of rotatable bonds is 5. The summed E-state index contributed by atoms with van der Waals surface area (Å²) in [5.74, 6) is 0.916. The van der Waals surface area contributed by atoms with Crippen molar-refractivity contribution < 1.29 is 4.79 Å². The van der Waals surface area contributed by atoms with Gasteiger partial charge in [0.15, 0.2) is 0 Å². The SMILES string of the molecule is CNCC1CCCN(C(=O)CCc2ccc(Br)cc2)C1. The number of nitrogens with zero attached hydrogens (tertiary/aromatic N) is 1. The topological polar surface area (TPSA) is 32.3 Å². The van der Waals surface area contributed by atoms with Crippen molar-refractivity contribution >= 4 is 21.8 Å². The van der Waals surface area contributed by atoms with Gasteiger partial charge in [-0.3, -0.25) is 4.79 Å². The first-order valence-electron chi connectivity index (χ1n) is 7.36. The summed E-state index contributed by atoms with van der Waals surface area (Å²) in [5, 5.41) is 3.22. The first kappa shape index (κ1) is 15.5. The van der Waals surface area contributed by atoms with Gasteiger partial charge in [-0.2, -0.15) is 0 Å². The number of piperidine rings is 1. The maximum absolute atomic E-state index is 12.3. The fraction of sp³-hybridized carbons (Fsp3) is 0.562. The van der Waals surface area contributed by atoms with Gasteiger partial charge in [0.25, 0.3) is 0 Å². The number of amides is 1. The second kappa shape index (κ2) is 7.79. The van der Waals surface area contributed by atoms with E-state index in [0.717, 1.165) is 36.9 Å². The monoisotopic (exact) mass is 338 g/mol. The second-order valence-electron chi connectivity index (χ2n) is 5.53. The summed E-state index contributed by atoms with van der Waals surface area (Å²) in [4.78, 5) is 14.3. The van der Waals surface area contributed by atoms with E-state index in [9.17, 15) is 4.79 Å². The quantitative estimate of drug-likeness (QED) is 0.895. The average molecular weight is 339 g/mol. The molecule has 1 aromatic carbocycles. The lowest BCUT2D eigenvalue weighted by atomic mass is 9.97. The minimum Gasteiger partial charge on any atom is -0.342 e. The number of carbonyl (C=O) groups excluding carboxylic acids is 1. The highest BCUT2D eigenvalue weighted by atomic mass is 79.9. The van der Waals surface area contributed by atoms with Crippen LogP contribution in [0.5, 0.6) is 0 Å². The Morgan fingerprint density at radius 3 is 2.85 bits per heavy atom. The summed E-state index contributed by atoms with van der Waals surface area (Å²) in [6, 6.07) is 8.22. The van der Waals surface area contributed by atoms with Crippen LogP contribution in [0.3, 0.4) is 0 Å². The van der Waals surface area contributed by atoms with Gasteiger partial charge in [0.1, 0.15) is 0 Å². The molecule has 3 nitrogen and oxygen atoms in total. The van der Waals surface area contributed by atoms with Gasteiger partial charge in [-0.05, 0) is 56.5 Å². The van der Waals surface area contributed by atoms with Crippen LogP contribution in [0, 0.1) is 5.92 Å². The van der Waals surface area contributed by atoms with Gasteiger partial charge in [0.05, 0.1) is 0 Å². The van der Waals surface area contributed by atoms with Crippen LogP contribution in [0.2, 0.25) is 0 Å². The van der Waals surface area contributed by atoms with Crippen LogP contribution in [0.1, 0.15) is 24.8 Å². The normalized spacial score (nSPS) is 19.1. The average Bonchev–Trinajstić information content (AvgIpc) is 2.47. The van der Waals surface area contributed by atoms with Gasteiger partial charge in [-0.1, -0.05) is 28.1 Å². The van der Waals surface area contributed by atoms with E-state index in [1.807, 2.05) is 24.1 Å². The highest BCUT2D eigenvalue weighted by molar-refractivity contribution is 9.10. The third kappa shape index (κ3) is 4.60. The van der Waals surface area contributed by atoms with Gasteiger partial charge in [-0.25, -0.2) is 0 Å². The van der Waals surface area contributed by atoms with Gasteiger partial charge < -0.3 is 10.2 Å². The largest absolute Gasteiger partial charge is 0.342 e. The van der Waals surface area contributed by atoms with Gasteiger partial charge in [0, 0.05) is 24.0 Å². The first-order valence-corrected chi connectivity index (χ1v) is 8.15. The Morgan fingerprint density at radius 1 is 1.40 bits per heavy atom. The minimum absolute atomic E-state index is 0.300. The Kier molecular flexibility index (Phi) is 6.05. The Morgan fingerprint density at radius 2 is 2.15 bits per heavy atom. The van der Waals surface area contributed by atoms with Gasteiger partial charge >= 0.3 is 0 Å². The molecular weight excluding hydrogens is 316 g/mol. The maximum atomic E-state index is 12.3. The third-order valence-corrected chi connectivity index (χ3v) is 4.43. The predicted molar refractivity (Wildman–Crippen MR) is 85.7 cm³/mol. The van der Waals surface area contributed by atoms with Crippen molar-refractivity contribution in [2.45, 2.75) is 25.7 Å². The number of hydrogen-bond acceptors (Lipinski definition) is 2. The van der Waals surface area contributed by atoms with Crippen LogP contribution in [-0.2, 0) is 11.2 Å². The van der Waals surface area contributed by atoms with Crippen LogP contribution < -0.4 is 5.32 Å². The first-order chi connectivity index (χ1) is 9.69. The molecule has 1 heterocycles. The van der Waals surface area contributed by atoms with Crippen molar-refractivity contribution in [1.82, 2.24) is 10.2 Å². The molecule has 0 radical (unpaired) electrons.